The Morgan fingerprint density at radius 2 is 0.929 bits per heavy atom. The summed E-state index contributed by atoms with van der Waals surface area (Å²) in [6.45, 7) is 0. The van der Waals surface area contributed by atoms with Gasteiger partial charge in [-0.3, -0.25) is 8.42 Å². The monoisotopic (exact) mass is 290 g/mol. The van der Waals surface area contributed by atoms with Crippen molar-refractivity contribution in [1.82, 2.24) is 0 Å². The van der Waals surface area contributed by atoms with Crippen LogP contribution in [0.25, 0.3) is 0 Å². The fourth-order valence-electron chi connectivity index (χ4n) is 0. The van der Waals surface area contributed by atoms with E-state index < -0.39 is 26.0 Å². The molecule has 0 aliphatic heterocycles. The molecule has 82 valence electrons. The molecule has 0 aliphatic carbocycles. The molecule has 0 heterocycles. The van der Waals surface area contributed by atoms with E-state index in [0.717, 1.165) is 0 Å². The molecule has 0 amide bonds. The van der Waals surface area contributed by atoms with Crippen LogP contribution in [0.3, 0.4) is 0 Å². The minimum absolute atomic E-state index is 0. The molecule has 0 radical (unpaired) electrons. The van der Waals surface area contributed by atoms with Crippen molar-refractivity contribution < 1.29 is 69.5 Å². The van der Waals surface area contributed by atoms with E-state index in [4.69, 9.17) is 30.5 Å². The Morgan fingerprint density at radius 1 is 0.857 bits per heavy atom. The molecular weight excluding hydrogens is 290 g/mol. The molecule has 14 heavy (non-hydrogen) atoms. The van der Waals surface area contributed by atoms with Gasteiger partial charge in [0.15, 0.2) is 10.1 Å². The van der Waals surface area contributed by atoms with Crippen LogP contribution < -0.4 is 0 Å². The largest absolute Gasteiger partial charge is 3.00 e. The first-order chi connectivity index (χ1) is 5.25. The summed E-state index contributed by atoms with van der Waals surface area (Å²) in [7, 11) is -11.3. The summed E-state index contributed by atoms with van der Waals surface area (Å²) in [4.78, 5) is 0. The van der Waals surface area contributed by atoms with Gasteiger partial charge in [0.1, 0.15) is 0 Å². The molecule has 0 saturated heterocycles. The maximum Gasteiger partial charge on any atom is 3.00 e. The van der Waals surface area contributed by atoms with E-state index in [9.17, 15) is 13.2 Å². The van der Waals surface area contributed by atoms with E-state index in [0.29, 0.717) is 0 Å². The van der Waals surface area contributed by atoms with Gasteiger partial charge in [0.25, 0.3) is 0 Å². The maximum atomic E-state index is 10.7. The first kappa shape index (κ1) is 19.9. The third kappa shape index (κ3) is 18.3. The van der Waals surface area contributed by atoms with Crippen molar-refractivity contribution in [2.75, 3.05) is 0 Å². The summed E-state index contributed by atoms with van der Waals surface area (Å²) in [6.07, 6.45) is 0. The second kappa shape index (κ2) is 6.12. The SMILES string of the molecule is O=S(=O)([O-])C(F)(F)F.O=S(=O)([O-])[O-].[Sc+3]. The van der Waals surface area contributed by atoms with Crippen molar-refractivity contribution in [2.45, 2.75) is 5.51 Å². The quantitative estimate of drug-likeness (QED) is 0.307. The normalized spacial score (nSPS) is 12.1. The molecule has 0 aromatic heterocycles. The van der Waals surface area contributed by atoms with Crippen LogP contribution in [-0.2, 0) is 46.4 Å². The van der Waals surface area contributed by atoms with Crippen LogP contribution in [-0.4, -0.2) is 36.0 Å². The van der Waals surface area contributed by atoms with Gasteiger partial charge in [0, 0.05) is 10.4 Å². The van der Waals surface area contributed by atoms with Crippen LogP contribution >= 0.6 is 0 Å². The number of hydrogen-bond donors (Lipinski definition) is 0. The van der Waals surface area contributed by atoms with E-state index >= 15 is 0 Å². The van der Waals surface area contributed by atoms with Gasteiger partial charge in [-0.1, -0.05) is 0 Å². The number of rotatable bonds is 0. The molecule has 0 bridgehead atoms. The third-order valence-electron chi connectivity index (χ3n) is 0.283. The molecule has 0 rings (SSSR count). The first-order valence-electron chi connectivity index (χ1n) is 1.94. The Bertz CT molecular complexity index is 330. The Kier molecular flexibility index (Phi) is 8.71. The molecule has 13 heteroatoms. The minimum atomic E-state index is -6.09. The van der Waals surface area contributed by atoms with Crippen LogP contribution in [0.4, 0.5) is 13.2 Å². The van der Waals surface area contributed by atoms with E-state index in [1.54, 1.807) is 0 Å². The topological polar surface area (TPSA) is 137 Å². The van der Waals surface area contributed by atoms with Gasteiger partial charge in [0.05, 0.1) is 0 Å². The molecule has 0 aromatic rings. The fourth-order valence-corrected chi connectivity index (χ4v) is 0. The zero-order chi connectivity index (χ0) is 11.5. The predicted octanol–water partition coefficient (Wildman–Crippen LogP) is -1.29. The third-order valence-corrected chi connectivity index (χ3v) is 0.850. The Balaban J connectivity index is -0.000000177. The molecular formula is CF3O7S2Sc. The number of alkyl halides is 3. The van der Waals surface area contributed by atoms with Gasteiger partial charge >= 0.3 is 31.4 Å². The molecule has 0 N–H and O–H groups in total. The number of halogens is 3. The van der Waals surface area contributed by atoms with Crippen molar-refractivity contribution in [2.24, 2.45) is 0 Å². The first-order valence-corrected chi connectivity index (χ1v) is 4.68. The molecule has 7 nitrogen and oxygen atoms in total. The van der Waals surface area contributed by atoms with Crippen LogP contribution in [0.15, 0.2) is 0 Å². The zero-order valence-electron chi connectivity index (χ0n) is 5.89. The second-order valence-corrected chi connectivity index (χ2v) is 3.50. The summed E-state index contributed by atoms with van der Waals surface area (Å²) in [6, 6.07) is 0. The van der Waals surface area contributed by atoms with Gasteiger partial charge in [0.2, 0.25) is 0 Å². The van der Waals surface area contributed by atoms with Gasteiger partial charge in [-0.15, -0.1) is 0 Å². The van der Waals surface area contributed by atoms with Crippen LogP contribution in [0, 0.1) is 0 Å². The van der Waals surface area contributed by atoms with Crippen LogP contribution in [0.2, 0.25) is 0 Å². The number of hydrogen-bond acceptors (Lipinski definition) is 7. The molecule has 0 unspecified atom stereocenters. The van der Waals surface area contributed by atoms with Crippen molar-refractivity contribution >= 4 is 20.5 Å². The molecule has 0 aromatic carbocycles. The van der Waals surface area contributed by atoms with Gasteiger partial charge in [-0.05, 0) is 0 Å². The zero-order valence-corrected chi connectivity index (χ0v) is 9.32. The van der Waals surface area contributed by atoms with Gasteiger partial charge in [-0.25, -0.2) is 8.42 Å². The summed E-state index contributed by atoms with van der Waals surface area (Å²) in [5.74, 6) is 0. The molecule has 0 atom stereocenters. The minimum Gasteiger partial charge on any atom is -0.759 e. The smallest absolute Gasteiger partial charge is 0.759 e. The van der Waals surface area contributed by atoms with E-state index in [-0.39, 0.29) is 25.8 Å². The average molecular weight is 290 g/mol. The average Bonchev–Trinajstić information content (AvgIpc) is 1.50. The molecule has 0 fully saturated rings. The summed E-state index contributed by atoms with van der Waals surface area (Å²) < 4.78 is 93.0. The van der Waals surface area contributed by atoms with E-state index in [1.807, 2.05) is 0 Å². The molecule has 0 saturated carbocycles. The second-order valence-electron chi connectivity index (χ2n) is 1.31. The Hall–Kier alpha value is 0.440. The summed E-state index contributed by atoms with van der Waals surface area (Å²) >= 11 is 0. The van der Waals surface area contributed by atoms with Gasteiger partial charge in [-0.2, -0.15) is 13.2 Å². The van der Waals surface area contributed by atoms with Crippen molar-refractivity contribution in [3.63, 3.8) is 0 Å². The molecule has 0 aliphatic rings. The Morgan fingerprint density at radius 3 is 0.929 bits per heavy atom. The van der Waals surface area contributed by atoms with E-state index in [2.05, 4.69) is 0 Å². The standard InChI is InChI=1S/CHF3O3S.H2O4S.Sc/c2-1(3,4)8(5,6)7;1-5(2,3)4;/h(H,5,6,7);(H2,1,2,3,4);/q;;+3/p-3. The summed E-state index contributed by atoms with van der Waals surface area (Å²) in [5.41, 5.74) is -5.65. The predicted molar refractivity (Wildman–Crippen MR) is 26.2 cm³/mol. The maximum absolute atomic E-state index is 10.7. The van der Waals surface area contributed by atoms with Crippen LogP contribution in [0.1, 0.15) is 0 Å². The van der Waals surface area contributed by atoms with Crippen molar-refractivity contribution in [3.05, 3.63) is 0 Å². The molecule has 0 spiro atoms. The van der Waals surface area contributed by atoms with E-state index in [1.165, 1.54) is 0 Å². The van der Waals surface area contributed by atoms with Crippen molar-refractivity contribution in [3.8, 4) is 0 Å². The van der Waals surface area contributed by atoms with Crippen LogP contribution in [0.5, 0.6) is 0 Å². The fraction of sp³-hybridized carbons (Fsp3) is 1.00. The van der Waals surface area contributed by atoms with Crippen molar-refractivity contribution in [1.29, 1.82) is 0 Å². The Labute approximate surface area is 95.4 Å². The van der Waals surface area contributed by atoms with Gasteiger partial charge < -0.3 is 13.7 Å². The summed E-state index contributed by atoms with van der Waals surface area (Å²) in [5, 5.41) is 0.